The van der Waals surface area contributed by atoms with E-state index >= 15 is 0 Å². The summed E-state index contributed by atoms with van der Waals surface area (Å²) in [5, 5.41) is 4.20. The van der Waals surface area contributed by atoms with Crippen molar-refractivity contribution in [2.75, 3.05) is 13.1 Å². The molecule has 3 rings (SSSR count). The first-order chi connectivity index (χ1) is 10.6. The second kappa shape index (κ2) is 6.30. The largest absolute Gasteiger partial charge is 0.343 e. The van der Waals surface area contributed by atoms with Crippen LogP contribution in [0.25, 0.3) is 11.4 Å². The Morgan fingerprint density at radius 1 is 1.27 bits per heavy atom. The van der Waals surface area contributed by atoms with Crippen molar-refractivity contribution < 1.29 is 4.79 Å². The maximum absolute atomic E-state index is 11.4. The summed E-state index contributed by atoms with van der Waals surface area (Å²) < 4.78 is 1.84. The van der Waals surface area contributed by atoms with Gasteiger partial charge in [0.05, 0.1) is 11.4 Å². The molecule has 1 fully saturated rings. The lowest BCUT2D eigenvalue weighted by Gasteiger charge is -2.31. The van der Waals surface area contributed by atoms with E-state index in [9.17, 15) is 4.79 Å². The van der Waals surface area contributed by atoms with Gasteiger partial charge in [-0.25, -0.2) is 0 Å². The van der Waals surface area contributed by atoms with E-state index in [4.69, 9.17) is 4.98 Å². The Morgan fingerprint density at radius 2 is 2.05 bits per heavy atom. The number of carbonyl (C=O) groups excluding carboxylic acids is 1. The van der Waals surface area contributed by atoms with Gasteiger partial charge in [0.15, 0.2) is 0 Å². The molecule has 1 saturated heterocycles. The maximum Gasteiger partial charge on any atom is 0.219 e. The maximum atomic E-state index is 11.4. The molecule has 22 heavy (non-hydrogen) atoms. The molecule has 3 heterocycles. The fourth-order valence-corrected chi connectivity index (χ4v) is 3.11. The number of aryl methyl sites for hydroxylation is 1. The van der Waals surface area contributed by atoms with Crippen LogP contribution < -0.4 is 0 Å². The van der Waals surface area contributed by atoms with Crippen molar-refractivity contribution in [2.24, 2.45) is 13.0 Å². The van der Waals surface area contributed by atoms with Crippen LogP contribution >= 0.6 is 0 Å². The van der Waals surface area contributed by atoms with Crippen molar-refractivity contribution in [1.29, 1.82) is 0 Å². The summed E-state index contributed by atoms with van der Waals surface area (Å²) >= 11 is 0. The average Bonchev–Trinajstić information content (AvgIpc) is 2.94. The lowest BCUT2D eigenvalue weighted by atomic mass is 9.92. The molecule has 2 aromatic heterocycles. The van der Waals surface area contributed by atoms with Crippen LogP contribution in [0.3, 0.4) is 0 Å². The molecule has 0 radical (unpaired) electrons. The Bertz CT molecular complexity index is 656. The molecule has 116 valence electrons. The molecule has 0 atom stereocenters. The first-order valence-corrected chi connectivity index (χ1v) is 7.83. The second-order valence-corrected chi connectivity index (χ2v) is 6.01. The van der Waals surface area contributed by atoms with Crippen LogP contribution in [0.15, 0.2) is 30.5 Å². The SMILES string of the molecule is CC(=O)N1CCC(Cc2cccc(-c3ccnn3C)n2)CC1. The molecule has 0 aromatic carbocycles. The number of hydrogen-bond acceptors (Lipinski definition) is 3. The highest BCUT2D eigenvalue weighted by molar-refractivity contribution is 5.73. The topological polar surface area (TPSA) is 51.0 Å². The lowest BCUT2D eigenvalue weighted by Crippen LogP contribution is -2.37. The molecule has 0 spiro atoms. The number of likely N-dealkylation sites (tertiary alicyclic amines) is 1. The smallest absolute Gasteiger partial charge is 0.219 e. The van der Waals surface area contributed by atoms with Crippen LogP contribution in [-0.4, -0.2) is 38.7 Å². The van der Waals surface area contributed by atoms with Crippen LogP contribution in [0.4, 0.5) is 0 Å². The standard InChI is InChI=1S/C17H22N4O/c1-13(22)21-10-7-14(8-11-21)12-15-4-3-5-16(19-15)17-6-9-18-20(17)2/h3-6,9,14H,7-8,10-12H2,1-2H3. The Hall–Kier alpha value is -2.17. The van der Waals surface area contributed by atoms with Gasteiger partial charge in [-0.1, -0.05) is 6.07 Å². The highest BCUT2D eigenvalue weighted by Crippen LogP contribution is 2.22. The highest BCUT2D eigenvalue weighted by atomic mass is 16.2. The first-order valence-electron chi connectivity index (χ1n) is 7.83. The molecule has 0 saturated carbocycles. The predicted molar refractivity (Wildman–Crippen MR) is 85.1 cm³/mol. The molecular weight excluding hydrogens is 276 g/mol. The number of pyridine rings is 1. The monoisotopic (exact) mass is 298 g/mol. The van der Waals surface area contributed by atoms with Crippen LogP contribution in [0.2, 0.25) is 0 Å². The van der Waals surface area contributed by atoms with E-state index in [0.717, 1.165) is 49.4 Å². The summed E-state index contributed by atoms with van der Waals surface area (Å²) in [5.74, 6) is 0.805. The summed E-state index contributed by atoms with van der Waals surface area (Å²) in [4.78, 5) is 18.1. The quantitative estimate of drug-likeness (QED) is 0.873. The van der Waals surface area contributed by atoms with E-state index in [1.54, 1.807) is 13.1 Å². The molecular formula is C17H22N4O. The van der Waals surface area contributed by atoms with E-state index in [-0.39, 0.29) is 5.91 Å². The van der Waals surface area contributed by atoms with E-state index in [1.807, 2.05) is 28.8 Å². The Balaban J connectivity index is 1.67. The molecule has 2 aromatic rings. The number of aromatic nitrogens is 3. The van der Waals surface area contributed by atoms with Gasteiger partial charge in [-0.2, -0.15) is 5.10 Å². The average molecular weight is 298 g/mol. The fourth-order valence-electron chi connectivity index (χ4n) is 3.11. The van der Waals surface area contributed by atoms with Crippen molar-refractivity contribution in [3.05, 3.63) is 36.2 Å². The van der Waals surface area contributed by atoms with Crippen molar-refractivity contribution in [1.82, 2.24) is 19.7 Å². The molecule has 1 amide bonds. The van der Waals surface area contributed by atoms with Crippen LogP contribution in [0.1, 0.15) is 25.5 Å². The first kappa shape index (κ1) is 14.8. The van der Waals surface area contributed by atoms with Crippen molar-refractivity contribution >= 4 is 5.91 Å². The zero-order valence-electron chi connectivity index (χ0n) is 13.2. The number of nitrogens with zero attached hydrogens (tertiary/aromatic N) is 4. The van der Waals surface area contributed by atoms with Gasteiger partial charge < -0.3 is 4.90 Å². The van der Waals surface area contributed by atoms with Crippen molar-refractivity contribution in [3.63, 3.8) is 0 Å². The van der Waals surface area contributed by atoms with Crippen molar-refractivity contribution in [2.45, 2.75) is 26.2 Å². The molecule has 0 aliphatic carbocycles. The number of piperidine rings is 1. The van der Waals surface area contributed by atoms with Gasteiger partial charge in [-0.15, -0.1) is 0 Å². The third-order valence-electron chi connectivity index (χ3n) is 4.45. The Labute approximate surface area is 131 Å². The summed E-state index contributed by atoms with van der Waals surface area (Å²) in [5.41, 5.74) is 3.13. The number of hydrogen-bond donors (Lipinski definition) is 0. The van der Waals surface area contributed by atoms with E-state index in [1.165, 1.54) is 0 Å². The van der Waals surface area contributed by atoms with E-state index < -0.39 is 0 Å². The summed E-state index contributed by atoms with van der Waals surface area (Å²) in [6.45, 7) is 3.40. The minimum absolute atomic E-state index is 0.190. The predicted octanol–water partition coefficient (Wildman–Crippen LogP) is 2.28. The Kier molecular flexibility index (Phi) is 4.22. The van der Waals surface area contributed by atoms with Gasteiger partial charge in [0.25, 0.3) is 0 Å². The van der Waals surface area contributed by atoms with Gasteiger partial charge in [-0.05, 0) is 43.4 Å². The molecule has 5 nitrogen and oxygen atoms in total. The normalized spacial score (nSPS) is 16.0. The minimum atomic E-state index is 0.190. The minimum Gasteiger partial charge on any atom is -0.343 e. The molecule has 1 aliphatic heterocycles. The molecule has 0 bridgehead atoms. The van der Waals surface area contributed by atoms with Gasteiger partial charge in [0.2, 0.25) is 5.91 Å². The second-order valence-electron chi connectivity index (χ2n) is 6.01. The number of carbonyl (C=O) groups is 1. The number of amides is 1. The third kappa shape index (κ3) is 3.18. The zero-order chi connectivity index (χ0) is 15.5. The summed E-state index contributed by atoms with van der Waals surface area (Å²) in [6.07, 6.45) is 4.91. The summed E-state index contributed by atoms with van der Waals surface area (Å²) in [6, 6.07) is 8.17. The zero-order valence-corrected chi connectivity index (χ0v) is 13.2. The Morgan fingerprint density at radius 3 is 2.68 bits per heavy atom. The fraction of sp³-hybridized carbons (Fsp3) is 0.471. The van der Waals surface area contributed by atoms with Gasteiger partial charge in [0.1, 0.15) is 0 Å². The van der Waals surface area contributed by atoms with Crippen LogP contribution in [0.5, 0.6) is 0 Å². The molecule has 1 aliphatic rings. The van der Waals surface area contributed by atoms with E-state index in [0.29, 0.717) is 5.92 Å². The van der Waals surface area contributed by atoms with Crippen LogP contribution in [0, 0.1) is 5.92 Å². The van der Waals surface area contributed by atoms with Gasteiger partial charge in [0, 0.05) is 39.0 Å². The third-order valence-corrected chi connectivity index (χ3v) is 4.45. The van der Waals surface area contributed by atoms with Crippen LogP contribution in [-0.2, 0) is 18.3 Å². The van der Waals surface area contributed by atoms with Gasteiger partial charge in [-0.3, -0.25) is 14.5 Å². The lowest BCUT2D eigenvalue weighted by molar-refractivity contribution is -0.130. The highest BCUT2D eigenvalue weighted by Gasteiger charge is 2.21. The molecule has 0 unspecified atom stereocenters. The van der Waals surface area contributed by atoms with Crippen molar-refractivity contribution in [3.8, 4) is 11.4 Å². The molecule has 0 N–H and O–H groups in total. The van der Waals surface area contributed by atoms with Gasteiger partial charge >= 0.3 is 0 Å². The van der Waals surface area contributed by atoms with E-state index in [2.05, 4.69) is 17.2 Å². The molecule has 5 heteroatoms. The summed E-state index contributed by atoms with van der Waals surface area (Å²) in [7, 11) is 1.93. The number of rotatable bonds is 3.